The molecule has 1 N–H and O–H groups in total. The van der Waals surface area contributed by atoms with Crippen LogP contribution in [0.2, 0.25) is 0 Å². The van der Waals surface area contributed by atoms with E-state index in [1.54, 1.807) is 6.92 Å². The number of benzene rings is 1. The monoisotopic (exact) mass is 321 g/mol. The third-order valence-electron chi connectivity index (χ3n) is 2.89. The van der Waals surface area contributed by atoms with Crippen molar-refractivity contribution in [1.82, 2.24) is 14.7 Å². The molecule has 0 saturated heterocycles. The van der Waals surface area contributed by atoms with E-state index in [0.29, 0.717) is 5.75 Å². The average Bonchev–Trinajstić information content (AvgIpc) is 2.47. The van der Waals surface area contributed by atoms with Gasteiger partial charge < -0.3 is 4.74 Å². The first kappa shape index (κ1) is 16.4. The van der Waals surface area contributed by atoms with Crippen LogP contribution in [0.4, 0.5) is 0 Å². The molecular formula is C15H19N3O3S. The van der Waals surface area contributed by atoms with Gasteiger partial charge in [0, 0.05) is 24.0 Å². The van der Waals surface area contributed by atoms with E-state index in [0.717, 1.165) is 5.56 Å². The third-order valence-corrected chi connectivity index (χ3v) is 4.32. The minimum absolute atomic E-state index is 0.00458. The van der Waals surface area contributed by atoms with Crippen molar-refractivity contribution in [2.45, 2.75) is 37.9 Å². The van der Waals surface area contributed by atoms with Crippen LogP contribution in [0.5, 0.6) is 5.75 Å². The highest BCUT2D eigenvalue weighted by atomic mass is 32.2. The highest BCUT2D eigenvalue weighted by Gasteiger charge is 2.21. The van der Waals surface area contributed by atoms with Crippen LogP contribution in [-0.4, -0.2) is 24.5 Å². The molecule has 0 bridgehead atoms. The summed E-state index contributed by atoms with van der Waals surface area (Å²) < 4.78 is 32.9. The predicted molar refractivity (Wildman–Crippen MR) is 83.0 cm³/mol. The molecule has 1 aromatic carbocycles. The number of para-hydroxylation sites is 1. The Morgan fingerprint density at radius 2 is 1.86 bits per heavy atom. The summed E-state index contributed by atoms with van der Waals surface area (Å²) >= 11 is 0. The molecule has 1 heterocycles. The lowest BCUT2D eigenvalue weighted by Gasteiger charge is -2.19. The van der Waals surface area contributed by atoms with Gasteiger partial charge in [0.05, 0.1) is 12.3 Å². The zero-order valence-corrected chi connectivity index (χ0v) is 13.5. The summed E-state index contributed by atoms with van der Waals surface area (Å²) in [5.41, 5.74) is 0.767. The first-order valence-electron chi connectivity index (χ1n) is 6.94. The molecule has 2 aromatic rings. The highest BCUT2D eigenvalue weighted by molar-refractivity contribution is 7.89. The first-order valence-corrected chi connectivity index (χ1v) is 8.42. The van der Waals surface area contributed by atoms with E-state index in [1.165, 1.54) is 18.6 Å². The molecule has 0 aliphatic heterocycles. The number of ether oxygens (including phenoxy) is 1. The van der Waals surface area contributed by atoms with Crippen LogP contribution in [0, 0.1) is 0 Å². The largest absolute Gasteiger partial charge is 0.491 e. The van der Waals surface area contributed by atoms with Gasteiger partial charge in [-0.2, -0.15) is 0 Å². The van der Waals surface area contributed by atoms with E-state index in [9.17, 15) is 8.42 Å². The summed E-state index contributed by atoms with van der Waals surface area (Å²) in [6.45, 7) is 5.60. The lowest BCUT2D eigenvalue weighted by atomic mass is 10.1. The Labute approximate surface area is 130 Å². The van der Waals surface area contributed by atoms with Gasteiger partial charge >= 0.3 is 0 Å². The van der Waals surface area contributed by atoms with Gasteiger partial charge in [0.15, 0.2) is 5.03 Å². The Morgan fingerprint density at radius 3 is 2.50 bits per heavy atom. The molecule has 0 aliphatic rings. The SMILES string of the molecule is CC(C)Oc1ccccc1[C@H](C)NS(=O)(=O)c1cnccn1. The fraction of sp³-hybridized carbons (Fsp3) is 0.333. The number of aromatic nitrogens is 2. The van der Waals surface area contributed by atoms with Crippen molar-refractivity contribution in [2.24, 2.45) is 0 Å². The first-order chi connectivity index (χ1) is 10.4. The van der Waals surface area contributed by atoms with Crippen LogP contribution in [-0.2, 0) is 10.0 Å². The van der Waals surface area contributed by atoms with E-state index in [-0.39, 0.29) is 11.1 Å². The normalized spacial score (nSPS) is 13.1. The van der Waals surface area contributed by atoms with E-state index >= 15 is 0 Å². The molecule has 2 rings (SSSR count). The van der Waals surface area contributed by atoms with E-state index in [4.69, 9.17) is 4.74 Å². The Hall–Kier alpha value is -1.99. The Morgan fingerprint density at radius 1 is 1.14 bits per heavy atom. The molecule has 1 atom stereocenters. The minimum Gasteiger partial charge on any atom is -0.491 e. The van der Waals surface area contributed by atoms with Crippen molar-refractivity contribution in [3.8, 4) is 5.75 Å². The number of sulfonamides is 1. The minimum atomic E-state index is -3.73. The number of nitrogens with one attached hydrogen (secondary N) is 1. The smallest absolute Gasteiger partial charge is 0.260 e. The Bertz CT molecular complexity index is 718. The maximum atomic E-state index is 12.3. The van der Waals surface area contributed by atoms with Crippen molar-refractivity contribution < 1.29 is 13.2 Å². The van der Waals surface area contributed by atoms with Gasteiger partial charge in [0.1, 0.15) is 5.75 Å². The summed E-state index contributed by atoms with van der Waals surface area (Å²) in [5.74, 6) is 0.659. The van der Waals surface area contributed by atoms with Crippen LogP contribution in [0.15, 0.2) is 47.9 Å². The highest BCUT2D eigenvalue weighted by Crippen LogP contribution is 2.26. The van der Waals surface area contributed by atoms with Crippen LogP contribution < -0.4 is 9.46 Å². The third kappa shape index (κ3) is 4.02. The summed E-state index contributed by atoms with van der Waals surface area (Å²) in [6.07, 6.45) is 3.99. The molecule has 1 aromatic heterocycles. The van der Waals surface area contributed by atoms with Gasteiger partial charge in [-0.3, -0.25) is 4.98 Å². The Balaban J connectivity index is 2.24. The second kappa shape index (κ2) is 6.85. The van der Waals surface area contributed by atoms with Crippen LogP contribution >= 0.6 is 0 Å². The van der Waals surface area contributed by atoms with Gasteiger partial charge in [-0.15, -0.1) is 0 Å². The van der Waals surface area contributed by atoms with E-state index in [2.05, 4.69) is 14.7 Å². The number of rotatable bonds is 6. The van der Waals surface area contributed by atoms with E-state index < -0.39 is 16.1 Å². The van der Waals surface area contributed by atoms with Crippen molar-refractivity contribution in [2.75, 3.05) is 0 Å². The zero-order valence-electron chi connectivity index (χ0n) is 12.7. The number of nitrogens with zero attached hydrogens (tertiary/aromatic N) is 2. The van der Waals surface area contributed by atoms with Gasteiger partial charge in [-0.25, -0.2) is 18.1 Å². The number of hydrogen-bond acceptors (Lipinski definition) is 5. The van der Waals surface area contributed by atoms with Crippen LogP contribution in [0.25, 0.3) is 0 Å². The summed E-state index contributed by atoms with van der Waals surface area (Å²) in [7, 11) is -3.73. The maximum Gasteiger partial charge on any atom is 0.260 e. The zero-order chi connectivity index (χ0) is 16.2. The fourth-order valence-corrected chi connectivity index (χ4v) is 3.09. The molecule has 0 unspecified atom stereocenters. The maximum absolute atomic E-state index is 12.3. The molecule has 7 heteroatoms. The topological polar surface area (TPSA) is 81.2 Å². The molecule has 6 nitrogen and oxygen atoms in total. The van der Waals surface area contributed by atoms with Gasteiger partial charge in [-0.05, 0) is 26.8 Å². The average molecular weight is 321 g/mol. The van der Waals surface area contributed by atoms with Gasteiger partial charge in [-0.1, -0.05) is 18.2 Å². The van der Waals surface area contributed by atoms with Crippen LogP contribution in [0.3, 0.4) is 0 Å². The summed E-state index contributed by atoms with van der Waals surface area (Å²) in [5, 5.41) is -0.107. The van der Waals surface area contributed by atoms with Crippen molar-refractivity contribution in [1.29, 1.82) is 0 Å². The van der Waals surface area contributed by atoms with Crippen molar-refractivity contribution >= 4 is 10.0 Å². The summed E-state index contributed by atoms with van der Waals surface area (Å²) in [6, 6.07) is 6.90. The molecule has 118 valence electrons. The molecule has 0 fully saturated rings. The van der Waals surface area contributed by atoms with E-state index in [1.807, 2.05) is 38.1 Å². The fourth-order valence-electron chi connectivity index (χ4n) is 1.98. The molecule has 0 amide bonds. The molecule has 0 spiro atoms. The molecule has 0 aliphatic carbocycles. The Kier molecular flexibility index (Phi) is 5.10. The quantitative estimate of drug-likeness (QED) is 0.883. The lowest BCUT2D eigenvalue weighted by molar-refractivity contribution is 0.238. The van der Waals surface area contributed by atoms with Gasteiger partial charge in [0.25, 0.3) is 10.0 Å². The van der Waals surface area contributed by atoms with Crippen molar-refractivity contribution in [3.05, 3.63) is 48.4 Å². The van der Waals surface area contributed by atoms with Crippen LogP contribution in [0.1, 0.15) is 32.4 Å². The summed E-state index contributed by atoms with van der Waals surface area (Å²) in [4.78, 5) is 7.61. The second-order valence-electron chi connectivity index (χ2n) is 5.09. The predicted octanol–water partition coefficient (Wildman–Crippen LogP) is 2.30. The second-order valence-corrected chi connectivity index (χ2v) is 6.75. The standard InChI is InChI=1S/C15H19N3O3S/c1-11(2)21-14-7-5-4-6-13(14)12(3)18-22(19,20)15-10-16-8-9-17-15/h4-12,18H,1-3H3/t12-/m0/s1. The number of hydrogen-bond donors (Lipinski definition) is 1. The van der Waals surface area contributed by atoms with Crippen molar-refractivity contribution in [3.63, 3.8) is 0 Å². The molecule has 0 radical (unpaired) electrons. The molecule has 22 heavy (non-hydrogen) atoms. The molecule has 0 saturated carbocycles. The lowest BCUT2D eigenvalue weighted by Crippen LogP contribution is -2.28. The van der Waals surface area contributed by atoms with Gasteiger partial charge in [0.2, 0.25) is 0 Å². The molecular weight excluding hydrogens is 302 g/mol.